The summed E-state index contributed by atoms with van der Waals surface area (Å²) in [5.41, 5.74) is 1.82. The third-order valence-electron chi connectivity index (χ3n) is 5.28. The third-order valence-corrected chi connectivity index (χ3v) is 5.52. The van der Waals surface area contributed by atoms with Crippen LogP contribution < -0.4 is 0 Å². The molecule has 4 nitrogen and oxygen atoms in total. The molecule has 0 aliphatic rings. The Morgan fingerprint density at radius 1 is 1.19 bits per heavy atom. The minimum atomic E-state index is -1.89. The van der Waals surface area contributed by atoms with E-state index in [1.54, 1.807) is 25.1 Å². The van der Waals surface area contributed by atoms with Crippen LogP contribution in [0.3, 0.4) is 0 Å². The number of carboxylic acids is 1. The van der Waals surface area contributed by atoms with E-state index in [1.165, 1.54) is 6.92 Å². The van der Waals surface area contributed by atoms with Gasteiger partial charge in [0.25, 0.3) is 0 Å². The largest absolute Gasteiger partial charge is 0.479 e. The summed E-state index contributed by atoms with van der Waals surface area (Å²) in [6.07, 6.45) is -0.769. The van der Waals surface area contributed by atoms with Crippen molar-refractivity contribution in [3.63, 3.8) is 0 Å². The van der Waals surface area contributed by atoms with Crippen LogP contribution in [0.5, 0.6) is 0 Å². The summed E-state index contributed by atoms with van der Waals surface area (Å²) >= 11 is 6.24. The van der Waals surface area contributed by atoms with E-state index in [9.17, 15) is 18.7 Å². The second-order valence-corrected chi connectivity index (χ2v) is 8.19. The molecule has 0 aliphatic heterocycles. The standard InChI is InChI=1S/C24H24ClF2NO3/c1-4-15-5-7-16(8-6-15)21-18-11-17(25)9-10-19(18)28-14(2)20(21)22(23(29)30)31-24(3,12-26)13-27/h5-11,22H,4,12-13H2,1-3H3,(H,29,30). The number of pyridine rings is 1. The first-order valence-corrected chi connectivity index (χ1v) is 10.3. The van der Waals surface area contributed by atoms with E-state index >= 15 is 0 Å². The van der Waals surface area contributed by atoms with Crippen LogP contribution in [0.2, 0.25) is 5.02 Å². The van der Waals surface area contributed by atoms with Crippen LogP contribution in [0.15, 0.2) is 42.5 Å². The number of fused-ring (bicyclic) bond motifs is 1. The fourth-order valence-corrected chi connectivity index (χ4v) is 3.70. The first-order chi connectivity index (χ1) is 14.7. The molecule has 1 atom stereocenters. The van der Waals surface area contributed by atoms with Crippen molar-refractivity contribution in [2.24, 2.45) is 0 Å². The van der Waals surface area contributed by atoms with Crippen molar-refractivity contribution in [1.82, 2.24) is 4.98 Å². The molecule has 0 fully saturated rings. The molecule has 0 saturated carbocycles. The molecule has 1 aromatic heterocycles. The zero-order valence-electron chi connectivity index (χ0n) is 17.6. The van der Waals surface area contributed by atoms with Crippen LogP contribution in [0.1, 0.15) is 36.8 Å². The molecule has 0 radical (unpaired) electrons. The summed E-state index contributed by atoms with van der Waals surface area (Å²) in [6.45, 7) is 2.57. The number of aromatic nitrogens is 1. The molecule has 0 spiro atoms. The van der Waals surface area contributed by atoms with Gasteiger partial charge in [0.2, 0.25) is 0 Å². The lowest BCUT2D eigenvalue weighted by Gasteiger charge is -2.29. The molecule has 0 aliphatic carbocycles. The first kappa shape index (κ1) is 23.1. The highest BCUT2D eigenvalue weighted by molar-refractivity contribution is 6.31. The summed E-state index contributed by atoms with van der Waals surface area (Å²) in [4.78, 5) is 16.8. The number of benzene rings is 2. The first-order valence-electron chi connectivity index (χ1n) is 9.94. The van der Waals surface area contributed by atoms with Gasteiger partial charge >= 0.3 is 5.97 Å². The van der Waals surface area contributed by atoms with E-state index in [1.807, 2.05) is 31.2 Å². The molecule has 31 heavy (non-hydrogen) atoms. The van der Waals surface area contributed by atoms with Crippen molar-refractivity contribution in [2.75, 3.05) is 13.3 Å². The van der Waals surface area contributed by atoms with E-state index in [0.717, 1.165) is 17.5 Å². The average Bonchev–Trinajstić information content (AvgIpc) is 2.77. The quantitative estimate of drug-likeness (QED) is 0.442. The van der Waals surface area contributed by atoms with Crippen LogP contribution in [-0.4, -0.2) is 35.0 Å². The van der Waals surface area contributed by atoms with Crippen molar-refractivity contribution in [3.05, 3.63) is 64.3 Å². The van der Waals surface area contributed by atoms with Crippen molar-refractivity contribution in [1.29, 1.82) is 0 Å². The summed E-state index contributed by atoms with van der Waals surface area (Å²) in [6, 6.07) is 12.8. The van der Waals surface area contributed by atoms with Gasteiger partial charge in [-0.3, -0.25) is 4.98 Å². The Morgan fingerprint density at radius 3 is 2.39 bits per heavy atom. The maximum absolute atomic E-state index is 13.5. The van der Waals surface area contributed by atoms with Gasteiger partial charge in [-0.05, 0) is 55.2 Å². The van der Waals surface area contributed by atoms with Gasteiger partial charge < -0.3 is 9.84 Å². The number of halogens is 3. The monoisotopic (exact) mass is 447 g/mol. The fourth-order valence-electron chi connectivity index (χ4n) is 3.53. The summed E-state index contributed by atoms with van der Waals surface area (Å²) < 4.78 is 32.5. The summed E-state index contributed by atoms with van der Waals surface area (Å²) in [5.74, 6) is -1.36. The van der Waals surface area contributed by atoms with Crippen LogP contribution in [0.4, 0.5) is 8.78 Å². The van der Waals surface area contributed by atoms with E-state index < -0.39 is 31.0 Å². The van der Waals surface area contributed by atoms with Crippen molar-refractivity contribution >= 4 is 28.5 Å². The van der Waals surface area contributed by atoms with E-state index in [2.05, 4.69) is 4.98 Å². The number of ether oxygens (including phenoxy) is 1. The number of aryl methyl sites for hydroxylation is 2. The highest BCUT2D eigenvalue weighted by Gasteiger charge is 2.36. The molecule has 0 saturated heterocycles. The Labute approximate surface area is 184 Å². The van der Waals surface area contributed by atoms with Gasteiger partial charge in [0, 0.05) is 21.7 Å². The number of rotatable bonds is 8. The van der Waals surface area contributed by atoms with E-state index in [0.29, 0.717) is 27.2 Å². The zero-order valence-corrected chi connectivity index (χ0v) is 18.3. The summed E-state index contributed by atoms with van der Waals surface area (Å²) in [7, 11) is 0. The molecule has 1 N–H and O–H groups in total. The lowest BCUT2D eigenvalue weighted by atomic mass is 9.90. The molecule has 1 unspecified atom stereocenters. The second kappa shape index (κ2) is 9.28. The van der Waals surface area contributed by atoms with Crippen LogP contribution in [0.25, 0.3) is 22.0 Å². The average molecular weight is 448 g/mol. The topological polar surface area (TPSA) is 59.4 Å². The number of hydrogen-bond acceptors (Lipinski definition) is 3. The molecule has 7 heteroatoms. The van der Waals surface area contributed by atoms with Gasteiger partial charge in [0.15, 0.2) is 6.10 Å². The van der Waals surface area contributed by atoms with Crippen LogP contribution in [0, 0.1) is 6.92 Å². The molecule has 0 bridgehead atoms. The molecule has 2 aromatic carbocycles. The molecule has 164 valence electrons. The Morgan fingerprint density at radius 2 is 1.84 bits per heavy atom. The lowest BCUT2D eigenvalue weighted by molar-refractivity contribution is -0.167. The predicted octanol–water partition coefficient (Wildman–Crippen LogP) is 6.27. The Bertz CT molecular complexity index is 1100. The Balaban J connectivity index is 2.35. The smallest absolute Gasteiger partial charge is 0.337 e. The highest BCUT2D eigenvalue weighted by atomic mass is 35.5. The lowest BCUT2D eigenvalue weighted by Crippen LogP contribution is -2.38. The van der Waals surface area contributed by atoms with Crippen molar-refractivity contribution in [2.45, 2.75) is 38.9 Å². The van der Waals surface area contributed by atoms with Gasteiger partial charge in [-0.15, -0.1) is 0 Å². The molecule has 3 aromatic rings. The van der Waals surface area contributed by atoms with E-state index in [4.69, 9.17) is 16.3 Å². The van der Waals surface area contributed by atoms with Crippen molar-refractivity contribution < 1.29 is 23.4 Å². The van der Waals surface area contributed by atoms with Gasteiger partial charge in [-0.2, -0.15) is 0 Å². The Hall–Kier alpha value is -2.57. The maximum atomic E-state index is 13.5. The number of nitrogens with zero attached hydrogens (tertiary/aromatic N) is 1. The normalized spacial score (nSPS) is 12.8. The summed E-state index contributed by atoms with van der Waals surface area (Å²) in [5, 5.41) is 11.1. The van der Waals surface area contributed by atoms with Crippen molar-refractivity contribution in [3.8, 4) is 11.1 Å². The van der Waals surface area contributed by atoms with Gasteiger partial charge in [0.05, 0.1) is 5.52 Å². The third kappa shape index (κ3) is 4.70. The van der Waals surface area contributed by atoms with E-state index in [-0.39, 0.29) is 5.56 Å². The predicted molar refractivity (Wildman–Crippen MR) is 118 cm³/mol. The maximum Gasteiger partial charge on any atom is 0.337 e. The number of carboxylic acid groups (broad SMARTS) is 1. The number of hydrogen-bond donors (Lipinski definition) is 1. The second-order valence-electron chi connectivity index (χ2n) is 7.75. The Kier molecular flexibility index (Phi) is 6.92. The number of alkyl halides is 2. The zero-order chi connectivity index (χ0) is 22.8. The molecular weight excluding hydrogens is 424 g/mol. The molecule has 3 rings (SSSR count). The highest BCUT2D eigenvalue weighted by Crippen LogP contribution is 2.40. The SMILES string of the molecule is CCc1ccc(-c2c(C(OC(C)(CF)CF)C(=O)O)c(C)nc3ccc(Cl)cc23)cc1. The molecule has 1 heterocycles. The van der Waals surface area contributed by atoms with Gasteiger partial charge in [-0.1, -0.05) is 42.8 Å². The number of aliphatic carboxylic acids is 1. The molecule has 0 amide bonds. The van der Waals surface area contributed by atoms with Crippen LogP contribution in [-0.2, 0) is 16.0 Å². The van der Waals surface area contributed by atoms with Gasteiger partial charge in [-0.25, -0.2) is 13.6 Å². The fraction of sp³-hybridized carbons (Fsp3) is 0.333. The minimum Gasteiger partial charge on any atom is -0.479 e. The number of carbonyl (C=O) groups is 1. The van der Waals surface area contributed by atoms with Gasteiger partial charge in [0.1, 0.15) is 19.0 Å². The molecular formula is C24H24ClF2NO3. The van der Waals surface area contributed by atoms with Crippen LogP contribution >= 0.6 is 11.6 Å². The minimum absolute atomic E-state index is 0.250.